The van der Waals surface area contributed by atoms with Crippen molar-refractivity contribution in [1.82, 2.24) is 15.5 Å². The molecule has 3 rings (SSSR count). The van der Waals surface area contributed by atoms with Crippen LogP contribution < -0.4 is 10.6 Å². The van der Waals surface area contributed by atoms with Crippen LogP contribution in [0.3, 0.4) is 0 Å². The van der Waals surface area contributed by atoms with Crippen molar-refractivity contribution in [2.45, 2.75) is 42.4 Å². The maximum atomic E-state index is 12.6. The van der Waals surface area contributed by atoms with Crippen LogP contribution in [0.1, 0.15) is 24.0 Å². The van der Waals surface area contributed by atoms with Crippen molar-refractivity contribution in [3.05, 3.63) is 29.3 Å². The van der Waals surface area contributed by atoms with E-state index < -0.39 is 0 Å². The smallest absolute Gasteiger partial charge is 0.234 e. The molecule has 0 aromatic heterocycles. The highest BCUT2D eigenvalue weighted by Gasteiger charge is 2.30. The van der Waals surface area contributed by atoms with E-state index in [1.165, 1.54) is 16.0 Å². The molecule has 0 radical (unpaired) electrons. The molecule has 2 aliphatic rings. The van der Waals surface area contributed by atoms with Crippen molar-refractivity contribution >= 4 is 23.6 Å². The van der Waals surface area contributed by atoms with Gasteiger partial charge >= 0.3 is 0 Å². The molecular weight excluding hydrogens is 322 g/mol. The number of carbonyl (C=O) groups excluding carboxylic acids is 2. The predicted octanol–water partition coefficient (Wildman–Crippen LogP) is 1.34. The van der Waals surface area contributed by atoms with Crippen molar-refractivity contribution in [3.63, 3.8) is 0 Å². The number of likely N-dealkylation sites (N-methyl/N-ethyl adjacent to an activating group) is 1. The van der Waals surface area contributed by atoms with Crippen molar-refractivity contribution in [1.29, 1.82) is 0 Å². The Bertz CT molecular complexity index is 627. The van der Waals surface area contributed by atoms with E-state index in [0.29, 0.717) is 6.54 Å². The zero-order valence-electron chi connectivity index (χ0n) is 14.3. The number of nitrogens with zero attached hydrogens (tertiary/aromatic N) is 1. The zero-order valence-corrected chi connectivity index (χ0v) is 15.1. The number of hydrogen-bond acceptors (Lipinski definition) is 4. The van der Waals surface area contributed by atoms with Gasteiger partial charge in [-0.2, -0.15) is 0 Å². The summed E-state index contributed by atoms with van der Waals surface area (Å²) in [7, 11) is 1.66. The molecule has 1 unspecified atom stereocenters. The minimum absolute atomic E-state index is 0.00861. The van der Waals surface area contributed by atoms with Crippen LogP contribution in [-0.4, -0.2) is 54.7 Å². The summed E-state index contributed by atoms with van der Waals surface area (Å²) in [4.78, 5) is 27.4. The summed E-state index contributed by atoms with van der Waals surface area (Å²) in [6.07, 6.45) is 2.64. The Morgan fingerprint density at radius 1 is 1.29 bits per heavy atom. The summed E-state index contributed by atoms with van der Waals surface area (Å²) in [5.74, 6) is 0.200. The molecule has 2 amide bonds. The SMILES string of the molecule is CNC(=O)CN1CCC(NC(=O)C2Cc3ccc(C)cc3S2)CC1. The number of likely N-dealkylation sites (tertiary alicyclic amines) is 1. The van der Waals surface area contributed by atoms with Gasteiger partial charge in [0.2, 0.25) is 11.8 Å². The normalized spacial score (nSPS) is 21.3. The minimum Gasteiger partial charge on any atom is -0.358 e. The van der Waals surface area contributed by atoms with Gasteiger partial charge < -0.3 is 10.6 Å². The fourth-order valence-corrected chi connectivity index (χ4v) is 4.59. The van der Waals surface area contributed by atoms with Crippen molar-refractivity contribution in [2.75, 3.05) is 26.7 Å². The number of piperidine rings is 1. The second kappa shape index (κ2) is 7.57. The van der Waals surface area contributed by atoms with E-state index in [-0.39, 0.29) is 23.1 Å². The van der Waals surface area contributed by atoms with Gasteiger partial charge in [-0.3, -0.25) is 14.5 Å². The predicted molar refractivity (Wildman–Crippen MR) is 96.2 cm³/mol. The van der Waals surface area contributed by atoms with E-state index in [1.807, 2.05) is 0 Å². The minimum atomic E-state index is -0.00861. The van der Waals surface area contributed by atoms with Gasteiger partial charge in [0.1, 0.15) is 0 Å². The van der Waals surface area contributed by atoms with Gasteiger partial charge in [0.15, 0.2) is 0 Å². The molecule has 130 valence electrons. The highest BCUT2D eigenvalue weighted by Crippen LogP contribution is 2.37. The summed E-state index contributed by atoms with van der Waals surface area (Å²) in [6.45, 7) is 4.25. The third-order valence-corrected chi connectivity index (χ3v) is 6.07. The highest BCUT2D eigenvalue weighted by atomic mass is 32.2. The quantitative estimate of drug-likeness (QED) is 0.863. The molecule has 1 aromatic rings. The number of nitrogens with one attached hydrogen (secondary N) is 2. The van der Waals surface area contributed by atoms with Crippen LogP contribution in [-0.2, 0) is 16.0 Å². The zero-order chi connectivity index (χ0) is 17.1. The lowest BCUT2D eigenvalue weighted by molar-refractivity contribution is -0.123. The Labute approximate surface area is 147 Å². The third kappa shape index (κ3) is 4.11. The Balaban J connectivity index is 1.46. The highest BCUT2D eigenvalue weighted by molar-refractivity contribution is 8.01. The molecule has 1 saturated heterocycles. The Kier molecular flexibility index (Phi) is 5.46. The molecule has 0 saturated carbocycles. The molecule has 2 heterocycles. The van der Waals surface area contributed by atoms with Gasteiger partial charge in [0, 0.05) is 31.1 Å². The lowest BCUT2D eigenvalue weighted by atomic mass is 10.0. The van der Waals surface area contributed by atoms with Gasteiger partial charge in [-0.25, -0.2) is 0 Å². The Morgan fingerprint density at radius 2 is 2.04 bits per heavy atom. The molecule has 24 heavy (non-hydrogen) atoms. The molecule has 0 spiro atoms. The molecule has 1 fully saturated rings. The van der Waals surface area contributed by atoms with E-state index >= 15 is 0 Å². The van der Waals surface area contributed by atoms with Gasteiger partial charge in [0.05, 0.1) is 11.8 Å². The number of rotatable bonds is 4. The average molecular weight is 347 g/mol. The molecule has 6 heteroatoms. The lowest BCUT2D eigenvalue weighted by Gasteiger charge is -2.32. The maximum absolute atomic E-state index is 12.6. The van der Waals surface area contributed by atoms with Gasteiger partial charge in [-0.05, 0) is 37.8 Å². The fraction of sp³-hybridized carbons (Fsp3) is 0.556. The number of benzene rings is 1. The molecule has 1 aromatic carbocycles. The molecular formula is C18H25N3O2S. The number of hydrogen-bond donors (Lipinski definition) is 2. The number of thioether (sulfide) groups is 1. The van der Waals surface area contributed by atoms with E-state index in [9.17, 15) is 9.59 Å². The van der Waals surface area contributed by atoms with Crippen LogP contribution in [0.15, 0.2) is 23.1 Å². The van der Waals surface area contributed by atoms with Gasteiger partial charge in [-0.1, -0.05) is 17.7 Å². The van der Waals surface area contributed by atoms with Gasteiger partial charge in [-0.15, -0.1) is 11.8 Å². The largest absolute Gasteiger partial charge is 0.358 e. The first-order valence-electron chi connectivity index (χ1n) is 8.54. The molecule has 5 nitrogen and oxygen atoms in total. The Hall–Kier alpha value is -1.53. The third-order valence-electron chi connectivity index (χ3n) is 4.77. The number of amides is 2. The van der Waals surface area contributed by atoms with E-state index in [1.54, 1.807) is 18.8 Å². The first-order chi connectivity index (χ1) is 11.5. The van der Waals surface area contributed by atoms with Crippen LogP contribution in [0.4, 0.5) is 0 Å². The second-order valence-electron chi connectivity index (χ2n) is 6.65. The number of fused-ring (bicyclic) bond motifs is 1. The molecule has 2 aliphatic heterocycles. The van der Waals surface area contributed by atoms with Crippen LogP contribution >= 0.6 is 11.8 Å². The lowest BCUT2D eigenvalue weighted by Crippen LogP contribution is -2.48. The summed E-state index contributed by atoms with van der Waals surface area (Å²) < 4.78 is 0. The van der Waals surface area contributed by atoms with Crippen LogP contribution in [0.5, 0.6) is 0 Å². The summed E-state index contributed by atoms with van der Waals surface area (Å²) in [5.41, 5.74) is 2.52. The molecule has 2 N–H and O–H groups in total. The van der Waals surface area contributed by atoms with E-state index in [2.05, 4.69) is 40.7 Å². The van der Waals surface area contributed by atoms with Gasteiger partial charge in [0.25, 0.3) is 0 Å². The second-order valence-corrected chi connectivity index (χ2v) is 7.90. The number of aryl methyl sites for hydroxylation is 1. The van der Waals surface area contributed by atoms with Crippen LogP contribution in [0.2, 0.25) is 0 Å². The first-order valence-corrected chi connectivity index (χ1v) is 9.42. The van der Waals surface area contributed by atoms with Crippen LogP contribution in [0.25, 0.3) is 0 Å². The summed E-state index contributed by atoms with van der Waals surface area (Å²) in [6, 6.07) is 6.65. The molecule has 1 atom stereocenters. The van der Waals surface area contributed by atoms with Crippen molar-refractivity contribution in [2.24, 2.45) is 0 Å². The summed E-state index contributed by atoms with van der Waals surface area (Å²) >= 11 is 1.68. The number of carbonyl (C=O) groups is 2. The standard InChI is InChI=1S/C18H25N3O2S/c1-12-3-4-13-10-16(24-15(13)9-12)18(23)20-14-5-7-21(8-6-14)11-17(22)19-2/h3-4,9,14,16H,5-8,10-11H2,1-2H3,(H,19,22)(H,20,23). The van der Waals surface area contributed by atoms with E-state index in [0.717, 1.165) is 32.4 Å². The van der Waals surface area contributed by atoms with Crippen molar-refractivity contribution in [3.8, 4) is 0 Å². The van der Waals surface area contributed by atoms with Crippen LogP contribution in [0, 0.1) is 6.92 Å². The summed E-state index contributed by atoms with van der Waals surface area (Å²) in [5, 5.41) is 5.85. The Morgan fingerprint density at radius 3 is 2.75 bits per heavy atom. The van der Waals surface area contributed by atoms with E-state index in [4.69, 9.17) is 0 Å². The average Bonchev–Trinajstić information content (AvgIpc) is 2.99. The topological polar surface area (TPSA) is 61.4 Å². The fourth-order valence-electron chi connectivity index (χ4n) is 3.29. The van der Waals surface area contributed by atoms with Crippen molar-refractivity contribution < 1.29 is 9.59 Å². The maximum Gasteiger partial charge on any atom is 0.234 e. The molecule has 0 aliphatic carbocycles. The first kappa shape index (κ1) is 17.3. The molecule has 0 bridgehead atoms. The monoisotopic (exact) mass is 347 g/mol.